The number of carbonyl (C=O) groups is 1. The van der Waals surface area contributed by atoms with Crippen LogP contribution in [-0.4, -0.2) is 60.1 Å². The minimum Gasteiger partial charge on any atom is -0.481 e. The first-order chi connectivity index (χ1) is 9.69. The largest absolute Gasteiger partial charge is 0.481 e. The van der Waals surface area contributed by atoms with Gasteiger partial charge in [0.1, 0.15) is 0 Å². The Kier molecular flexibility index (Phi) is 3.26. The number of nitrogens with zero attached hydrogens (tertiary/aromatic N) is 2. The van der Waals surface area contributed by atoms with Gasteiger partial charge in [-0.05, 0) is 62.4 Å². The average Bonchev–Trinajstić information content (AvgIpc) is 2.92. The van der Waals surface area contributed by atoms with Gasteiger partial charge in [0.2, 0.25) is 0 Å². The molecule has 112 valence electrons. The Morgan fingerprint density at radius 3 is 1.80 bits per heavy atom. The number of carboxylic acids is 1. The minimum atomic E-state index is -0.523. The fourth-order valence-corrected chi connectivity index (χ4v) is 5.52. The van der Waals surface area contributed by atoms with Gasteiger partial charge in [0.05, 0.1) is 5.92 Å². The van der Waals surface area contributed by atoms with E-state index in [0.29, 0.717) is 11.8 Å². The summed E-state index contributed by atoms with van der Waals surface area (Å²) in [6.45, 7) is 6.92. The molecule has 0 aliphatic carbocycles. The molecule has 0 aromatic carbocycles. The summed E-state index contributed by atoms with van der Waals surface area (Å²) in [5.74, 6) is 1.73. The highest BCUT2D eigenvalue weighted by Gasteiger charge is 2.45. The molecule has 4 aliphatic heterocycles. The summed E-state index contributed by atoms with van der Waals surface area (Å²) in [5, 5.41) is 9.83. The van der Waals surface area contributed by atoms with E-state index in [1.165, 1.54) is 39.0 Å². The molecule has 4 heteroatoms. The van der Waals surface area contributed by atoms with Crippen molar-refractivity contribution < 1.29 is 9.90 Å². The van der Waals surface area contributed by atoms with Gasteiger partial charge in [0.25, 0.3) is 0 Å². The van der Waals surface area contributed by atoms with Crippen LogP contribution in [0.1, 0.15) is 25.7 Å². The Hall–Kier alpha value is -0.610. The van der Waals surface area contributed by atoms with E-state index in [4.69, 9.17) is 0 Å². The van der Waals surface area contributed by atoms with Gasteiger partial charge in [-0.15, -0.1) is 0 Å². The molecule has 0 amide bonds. The number of hydrogen-bond donors (Lipinski definition) is 1. The fourth-order valence-electron chi connectivity index (χ4n) is 5.52. The van der Waals surface area contributed by atoms with Crippen molar-refractivity contribution in [2.45, 2.75) is 25.7 Å². The van der Waals surface area contributed by atoms with Crippen LogP contribution in [0.4, 0.5) is 0 Å². The molecule has 4 nitrogen and oxygen atoms in total. The fraction of sp³-hybridized carbons (Fsp3) is 0.938. The SMILES string of the molecule is O=C(O)C(C1CC2CCN(C2)C1)C1CC2CCN(C2)C1. The van der Waals surface area contributed by atoms with E-state index in [1.807, 2.05) is 0 Å². The predicted molar refractivity (Wildman–Crippen MR) is 76.4 cm³/mol. The van der Waals surface area contributed by atoms with E-state index in [1.54, 1.807) is 0 Å². The van der Waals surface area contributed by atoms with Crippen LogP contribution in [-0.2, 0) is 4.79 Å². The summed E-state index contributed by atoms with van der Waals surface area (Å²) >= 11 is 0. The highest BCUT2D eigenvalue weighted by Crippen LogP contribution is 2.42. The average molecular weight is 278 g/mol. The second-order valence-electron chi connectivity index (χ2n) is 7.68. The van der Waals surface area contributed by atoms with Crippen LogP contribution in [0.3, 0.4) is 0 Å². The van der Waals surface area contributed by atoms with Crippen molar-refractivity contribution in [3.8, 4) is 0 Å². The van der Waals surface area contributed by atoms with Crippen LogP contribution in [0, 0.1) is 29.6 Å². The molecule has 0 saturated carbocycles. The maximum absolute atomic E-state index is 11.9. The highest BCUT2D eigenvalue weighted by molar-refractivity contribution is 5.71. The van der Waals surface area contributed by atoms with Crippen molar-refractivity contribution in [3.63, 3.8) is 0 Å². The second kappa shape index (κ2) is 4.99. The van der Waals surface area contributed by atoms with E-state index in [2.05, 4.69) is 9.80 Å². The quantitative estimate of drug-likeness (QED) is 0.847. The summed E-state index contributed by atoms with van der Waals surface area (Å²) < 4.78 is 0. The van der Waals surface area contributed by atoms with E-state index in [9.17, 15) is 9.90 Å². The lowest BCUT2D eigenvalue weighted by molar-refractivity contribution is -0.148. The molecule has 0 radical (unpaired) electrons. The molecule has 4 aliphatic rings. The molecule has 20 heavy (non-hydrogen) atoms. The summed E-state index contributed by atoms with van der Waals surface area (Å²) in [7, 11) is 0. The molecular formula is C16H26N2O2. The molecular weight excluding hydrogens is 252 g/mol. The molecule has 4 fully saturated rings. The van der Waals surface area contributed by atoms with Crippen LogP contribution in [0.2, 0.25) is 0 Å². The van der Waals surface area contributed by atoms with Crippen LogP contribution >= 0.6 is 0 Å². The van der Waals surface area contributed by atoms with E-state index in [-0.39, 0.29) is 5.92 Å². The molecule has 0 spiro atoms. The molecule has 0 aromatic heterocycles. The maximum atomic E-state index is 11.9. The Labute approximate surface area is 121 Å². The van der Waals surface area contributed by atoms with Crippen LogP contribution < -0.4 is 0 Å². The lowest BCUT2D eigenvalue weighted by Crippen LogP contribution is -2.46. The van der Waals surface area contributed by atoms with Gasteiger partial charge in [-0.2, -0.15) is 0 Å². The summed E-state index contributed by atoms with van der Waals surface area (Å²) in [4.78, 5) is 16.9. The Bertz CT molecular complexity index is 346. The number of hydrogen-bond acceptors (Lipinski definition) is 3. The molecule has 6 unspecified atom stereocenters. The lowest BCUT2D eigenvalue weighted by Gasteiger charge is -2.40. The summed E-state index contributed by atoms with van der Waals surface area (Å²) in [6.07, 6.45) is 4.91. The lowest BCUT2D eigenvalue weighted by atomic mass is 9.72. The maximum Gasteiger partial charge on any atom is 0.307 e. The zero-order valence-corrected chi connectivity index (χ0v) is 12.2. The zero-order chi connectivity index (χ0) is 13.7. The second-order valence-corrected chi connectivity index (χ2v) is 7.68. The van der Waals surface area contributed by atoms with Gasteiger partial charge in [0, 0.05) is 26.2 Å². The van der Waals surface area contributed by atoms with Crippen molar-refractivity contribution in [3.05, 3.63) is 0 Å². The van der Waals surface area contributed by atoms with Crippen molar-refractivity contribution in [2.24, 2.45) is 29.6 Å². The van der Waals surface area contributed by atoms with Gasteiger partial charge in [-0.25, -0.2) is 0 Å². The van der Waals surface area contributed by atoms with Gasteiger partial charge in [-0.1, -0.05) is 0 Å². The third kappa shape index (κ3) is 2.27. The van der Waals surface area contributed by atoms with Crippen LogP contribution in [0.25, 0.3) is 0 Å². The molecule has 1 N–H and O–H groups in total. The van der Waals surface area contributed by atoms with E-state index < -0.39 is 5.97 Å². The number of aliphatic carboxylic acids is 1. The summed E-state index contributed by atoms with van der Waals surface area (Å²) in [6, 6.07) is 0. The van der Waals surface area contributed by atoms with Gasteiger partial charge in [0.15, 0.2) is 0 Å². The Balaban J connectivity index is 1.51. The molecule has 0 aromatic rings. The first-order valence-electron chi connectivity index (χ1n) is 8.36. The van der Waals surface area contributed by atoms with Crippen LogP contribution in [0.5, 0.6) is 0 Å². The van der Waals surface area contributed by atoms with E-state index in [0.717, 1.165) is 37.8 Å². The number of rotatable bonds is 3. The number of carboxylic acid groups (broad SMARTS) is 1. The minimum absolute atomic E-state index is 0.0956. The molecule has 6 atom stereocenters. The standard InChI is InChI=1S/C16H26N2O2/c19-16(20)15(13-5-11-1-3-17(7-11)9-13)14-6-12-2-4-18(8-12)10-14/h11-15H,1-10H2,(H,19,20). The smallest absolute Gasteiger partial charge is 0.307 e. The first-order valence-corrected chi connectivity index (χ1v) is 8.36. The molecule has 4 saturated heterocycles. The van der Waals surface area contributed by atoms with Crippen molar-refractivity contribution in [1.29, 1.82) is 0 Å². The summed E-state index contributed by atoms with van der Waals surface area (Å²) in [5.41, 5.74) is 0. The monoisotopic (exact) mass is 278 g/mol. The first kappa shape index (κ1) is 13.1. The topological polar surface area (TPSA) is 43.8 Å². The molecule has 4 heterocycles. The van der Waals surface area contributed by atoms with Gasteiger partial charge >= 0.3 is 5.97 Å². The van der Waals surface area contributed by atoms with Crippen molar-refractivity contribution >= 4 is 5.97 Å². The zero-order valence-electron chi connectivity index (χ0n) is 12.2. The number of fused-ring (bicyclic) bond motifs is 4. The van der Waals surface area contributed by atoms with Gasteiger partial charge < -0.3 is 14.9 Å². The third-order valence-electron chi connectivity index (χ3n) is 6.30. The van der Waals surface area contributed by atoms with Crippen molar-refractivity contribution in [1.82, 2.24) is 9.80 Å². The van der Waals surface area contributed by atoms with E-state index >= 15 is 0 Å². The predicted octanol–water partition coefficient (Wildman–Crippen LogP) is 1.37. The van der Waals surface area contributed by atoms with Gasteiger partial charge in [-0.3, -0.25) is 4.79 Å². The Morgan fingerprint density at radius 2 is 1.40 bits per heavy atom. The Morgan fingerprint density at radius 1 is 0.900 bits per heavy atom. The molecule has 4 bridgehead atoms. The normalized spacial score (nSPS) is 48.2. The van der Waals surface area contributed by atoms with Crippen LogP contribution in [0.15, 0.2) is 0 Å². The third-order valence-corrected chi connectivity index (χ3v) is 6.30. The van der Waals surface area contributed by atoms with Crippen molar-refractivity contribution in [2.75, 3.05) is 39.3 Å². The number of piperidine rings is 2. The molecule has 4 rings (SSSR count). The highest BCUT2D eigenvalue weighted by atomic mass is 16.4.